The van der Waals surface area contributed by atoms with Crippen LogP contribution in [0.15, 0.2) is 0 Å². The van der Waals surface area contributed by atoms with Crippen LogP contribution >= 0.6 is 0 Å². The lowest BCUT2D eigenvalue weighted by molar-refractivity contribution is -0.156. The zero-order chi connectivity index (χ0) is 10.4. The van der Waals surface area contributed by atoms with E-state index in [9.17, 15) is 9.59 Å². The molecule has 0 heterocycles. The lowest BCUT2D eigenvalue weighted by Gasteiger charge is -2.33. The zero-order valence-electron chi connectivity index (χ0n) is 7.95. The zero-order valence-corrected chi connectivity index (χ0v) is 7.95. The number of carboxylic acid groups (broad SMARTS) is 2. The van der Waals surface area contributed by atoms with E-state index in [2.05, 4.69) is 0 Å². The molecule has 78 valence electrons. The molecule has 14 heavy (non-hydrogen) atoms. The summed E-state index contributed by atoms with van der Waals surface area (Å²) in [5.74, 6) is -1.61. The van der Waals surface area contributed by atoms with Crippen LogP contribution in [0.4, 0.5) is 0 Å². The topological polar surface area (TPSA) is 74.6 Å². The predicted octanol–water partition coefficient (Wildman–Crippen LogP) is 1.50. The minimum absolute atomic E-state index is 0.338. The second-order valence-electron chi connectivity index (χ2n) is 4.70. The molecule has 2 N–H and O–H groups in total. The normalized spacial score (nSPS) is 40.9. The van der Waals surface area contributed by atoms with E-state index >= 15 is 0 Å². The number of carboxylic acids is 2. The average Bonchev–Trinajstić information content (AvgIpc) is 2.41. The summed E-state index contributed by atoms with van der Waals surface area (Å²) in [4.78, 5) is 22.2. The summed E-state index contributed by atoms with van der Waals surface area (Å²) in [7, 11) is 0. The van der Waals surface area contributed by atoms with E-state index in [1.807, 2.05) is 0 Å². The van der Waals surface area contributed by atoms with Gasteiger partial charge in [-0.05, 0) is 32.1 Å². The fraction of sp³-hybridized carbons (Fsp3) is 0.800. The van der Waals surface area contributed by atoms with Crippen LogP contribution in [0.1, 0.15) is 38.5 Å². The second-order valence-corrected chi connectivity index (χ2v) is 4.70. The molecule has 2 atom stereocenters. The largest absolute Gasteiger partial charge is 0.481 e. The second kappa shape index (κ2) is 2.72. The van der Waals surface area contributed by atoms with Crippen molar-refractivity contribution in [3.63, 3.8) is 0 Å². The van der Waals surface area contributed by atoms with Gasteiger partial charge in [-0.2, -0.15) is 0 Å². The van der Waals surface area contributed by atoms with Crippen molar-refractivity contribution < 1.29 is 19.8 Å². The van der Waals surface area contributed by atoms with Gasteiger partial charge in [0.15, 0.2) is 0 Å². The first kappa shape index (κ1) is 9.49. The van der Waals surface area contributed by atoms with E-state index in [1.54, 1.807) is 0 Å². The van der Waals surface area contributed by atoms with Crippen LogP contribution in [0.2, 0.25) is 0 Å². The van der Waals surface area contributed by atoms with Crippen molar-refractivity contribution in [2.75, 3.05) is 0 Å². The molecule has 0 aromatic rings. The highest BCUT2D eigenvalue weighted by Crippen LogP contribution is 2.58. The maximum Gasteiger partial charge on any atom is 0.309 e. The minimum atomic E-state index is -0.805. The molecule has 0 aromatic carbocycles. The van der Waals surface area contributed by atoms with Gasteiger partial charge in [-0.3, -0.25) is 9.59 Å². The van der Waals surface area contributed by atoms with Gasteiger partial charge >= 0.3 is 11.9 Å². The van der Waals surface area contributed by atoms with E-state index in [0.29, 0.717) is 32.1 Å². The molecule has 0 saturated heterocycles. The van der Waals surface area contributed by atoms with Crippen LogP contribution in [0.25, 0.3) is 0 Å². The molecular formula is C10H14O4. The van der Waals surface area contributed by atoms with Gasteiger partial charge in [-0.25, -0.2) is 0 Å². The minimum Gasteiger partial charge on any atom is -0.481 e. The molecule has 2 rings (SSSR count). The van der Waals surface area contributed by atoms with E-state index in [0.717, 1.165) is 6.42 Å². The van der Waals surface area contributed by atoms with Gasteiger partial charge in [0.2, 0.25) is 0 Å². The van der Waals surface area contributed by atoms with Gasteiger partial charge < -0.3 is 10.2 Å². The Morgan fingerprint density at radius 1 is 0.857 bits per heavy atom. The molecule has 4 nitrogen and oxygen atoms in total. The summed E-state index contributed by atoms with van der Waals surface area (Å²) >= 11 is 0. The van der Waals surface area contributed by atoms with Crippen molar-refractivity contribution in [2.45, 2.75) is 38.5 Å². The Hall–Kier alpha value is -1.06. The number of rotatable bonds is 2. The molecule has 2 bridgehead atoms. The summed E-state index contributed by atoms with van der Waals surface area (Å²) in [6.45, 7) is 0. The maximum absolute atomic E-state index is 11.1. The molecule has 4 heteroatoms. The highest BCUT2D eigenvalue weighted by molar-refractivity contribution is 5.81. The average molecular weight is 198 g/mol. The number of hydrogen-bond acceptors (Lipinski definition) is 2. The van der Waals surface area contributed by atoms with Gasteiger partial charge in [0.25, 0.3) is 0 Å². The lowest BCUT2D eigenvalue weighted by Crippen LogP contribution is -2.37. The number of fused-ring (bicyclic) bond motifs is 2. The first-order valence-electron chi connectivity index (χ1n) is 4.98. The monoisotopic (exact) mass is 198 g/mol. The Balaban J connectivity index is 2.30. The summed E-state index contributed by atoms with van der Waals surface area (Å²) in [5, 5.41) is 18.2. The van der Waals surface area contributed by atoms with Crippen LogP contribution in [-0.4, -0.2) is 22.2 Å². The van der Waals surface area contributed by atoms with Crippen molar-refractivity contribution in [1.29, 1.82) is 0 Å². The molecule has 0 spiro atoms. The van der Waals surface area contributed by atoms with E-state index < -0.39 is 22.8 Å². The number of carbonyl (C=O) groups is 2. The smallest absolute Gasteiger partial charge is 0.309 e. The first-order valence-corrected chi connectivity index (χ1v) is 4.98. The van der Waals surface area contributed by atoms with Gasteiger partial charge in [0, 0.05) is 0 Å². The molecule has 0 aliphatic heterocycles. The molecular weight excluding hydrogens is 184 g/mol. The van der Waals surface area contributed by atoms with Crippen LogP contribution < -0.4 is 0 Å². The molecule has 2 aliphatic carbocycles. The van der Waals surface area contributed by atoms with Crippen molar-refractivity contribution in [2.24, 2.45) is 10.8 Å². The van der Waals surface area contributed by atoms with Gasteiger partial charge in [-0.1, -0.05) is 6.42 Å². The predicted molar refractivity (Wildman–Crippen MR) is 47.8 cm³/mol. The fourth-order valence-electron chi connectivity index (χ4n) is 3.07. The van der Waals surface area contributed by atoms with Crippen molar-refractivity contribution in [3.8, 4) is 0 Å². The van der Waals surface area contributed by atoms with Crippen LogP contribution in [0.3, 0.4) is 0 Å². The highest BCUT2D eigenvalue weighted by Gasteiger charge is 2.58. The summed E-state index contributed by atoms with van der Waals surface area (Å²) < 4.78 is 0. The highest BCUT2D eigenvalue weighted by atomic mass is 16.4. The Bertz CT molecular complexity index is 270. The first-order chi connectivity index (χ1) is 6.51. The SMILES string of the molecule is O=C(O)[C@@]12CCC[C@@](C(=O)O)(CC1)C2. The summed E-state index contributed by atoms with van der Waals surface area (Å²) in [6.07, 6.45) is 3.45. The summed E-state index contributed by atoms with van der Waals surface area (Å²) in [6, 6.07) is 0. The molecule has 2 fully saturated rings. The summed E-state index contributed by atoms with van der Waals surface area (Å²) in [5.41, 5.74) is -1.45. The number of aliphatic carboxylic acids is 2. The van der Waals surface area contributed by atoms with Gasteiger partial charge in [-0.15, -0.1) is 0 Å². The number of hydrogen-bond donors (Lipinski definition) is 2. The third-order valence-corrected chi connectivity index (χ3v) is 3.98. The van der Waals surface area contributed by atoms with E-state index in [4.69, 9.17) is 10.2 Å². The quantitative estimate of drug-likeness (QED) is 0.705. The standard InChI is InChI=1S/C10H14O4/c11-7(12)9-2-1-3-10(6-9,5-4-9)8(13)14/h1-6H2,(H,11,12)(H,13,14)/t9-,10+. The van der Waals surface area contributed by atoms with Crippen molar-refractivity contribution >= 4 is 11.9 Å². The molecule has 0 aromatic heterocycles. The fourth-order valence-corrected chi connectivity index (χ4v) is 3.07. The Kier molecular flexibility index (Phi) is 1.84. The maximum atomic E-state index is 11.1. The van der Waals surface area contributed by atoms with Gasteiger partial charge in [0.1, 0.15) is 0 Å². The Labute approximate surface area is 81.9 Å². The molecule has 0 radical (unpaired) electrons. The van der Waals surface area contributed by atoms with Gasteiger partial charge in [0.05, 0.1) is 10.8 Å². The van der Waals surface area contributed by atoms with Crippen LogP contribution in [0, 0.1) is 10.8 Å². The van der Waals surface area contributed by atoms with E-state index in [1.165, 1.54) is 0 Å². The van der Waals surface area contributed by atoms with Crippen LogP contribution in [-0.2, 0) is 9.59 Å². The van der Waals surface area contributed by atoms with E-state index in [-0.39, 0.29) is 0 Å². The molecule has 0 amide bonds. The third kappa shape index (κ3) is 1.06. The van der Waals surface area contributed by atoms with Crippen molar-refractivity contribution in [1.82, 2.24) is 0 Å². The van der Waals surface area contributed by atoms with Crippen molar-refractivity contribution in [3.05, 3.63) is 0 Å². The third-order valence-electron chi connectivity index (χ3n) is 3.98. The molecule has 2 aliphatic rings. The lowest BCUT2D eigenvalue weighted by atomic mass is 9.69. The molecule has 0 unspecified atom stereocenters. The molecule has 2 saturated carbocycles. The Morgan fingerprint density at radius 3 is 1.64 bits per heavy atom. The Morgan fingerprint density at radius 2 is 1.29 bits per heavy atom. The van der Waals surface area contributed by atoms with Crippen LogP contribution in [0.5, 0.6) is 0 Å².